The van der Waals surface area contributed by atoms with Gasteiger partial charge in [0.25, 0.3) is 0 Å². The summed E-state index contributed by atoms with van der Waals surface area (Å²) in [5.74, 6) is 0.668. The highest BCUT2D eigenvalue weighted by atomic mass is 32.2. The number of thiazole rings is 1. The predicted molar refractivity (Wildman–Crippen MR) is 126 cm³/mol. The zero-order valence-corrected chi connectivity index (χ0v) is 19.7. The summed E-state index contributed by atoms with van der Waals surface area (Å²) >= 11 is 4.30. The van der Waals surface area contributed by atoms with E-state index < -0.39 is 17.6 Å². The summed E-state index contributed by atoms with van der Waals surface area (Å²) in [6.45, 7) is 2.54. The number of nitrogens with zero attached hydrogens (tertiary/aromatic N) is 4. The normalized spacial score (nSPS) is 11.8. The van der Waals surface area contributed by atoms with E-state index in [4.69, 9.17) is 0 Å². The number of para-hydroxylation sites is 2. The standard InChI is InChI=1S/C21H18F3N5OS3/c1-2-29-17(11-32-20-26-15-9-5-6-10-16(15)33-20)27-28-19(29)31-12-18(30)25-14-8-4-3-7-13(14)21(22,23)24/h3-10H,2,11-12H2,1H3,(H,25,30). The highest BCUT2D eigenvalue weighted by Gasteiger charge is 2.33. The number of rotatable bonds is 8. The first-order valence-corrected chi connectivity index (χ1v) is 12.6. The van der Waals surface area contributed by atoms with Crippen LogP contribution in [0.5, 0.6) is 0 Å². The predicted octanol–water partition coefficient (Wildman–Crippen LogP) is 5.95. The van der Waals surface area contributed by atoms with Gasteiger partial charge < -0.3 is 9.88 Å². The molecule has 0 bridgehead atoms. The zero-order chi connectivity index (χ0) is 23.4. The fourth-order valence-corrected chi connectivity index (χ4v) is 5.87. The molecule has 0 unspecified atom stereocenters. The first kappa shape index (κ1) is 23.6. The average Bonchev–Trinajstić information content (AvgIpc) is 3.38. The highest BCUT2D eigenvalue weighted by Crippen LogP contribution is 2.35. The van der Waals surface area contributed by atoms with Crippen molar-refractivity contribution >= 4 is 56.7 Å². The Bertz CT molecular complexity index is 1240. The van der Waals surface area contributed by atoms with Crippen molar-refractivity contribution < 1.29 is 18.0 Å². The molecule has 0 saturated carbocycles. The summed E-state index contributed by atoms with van der Waals surface area (Å²) in [5.41, 5.74) is -0.189. The molecular weight excluding hydrogens is 491 g/mol. The van der Waals surface area contributed by atoms with Crippen LogP contribution in [0.3, 0.4) is 0 Å². The maximum absolute atomic E-state index is 13.1. The third-order valence-electron chi connectivity index (χ3n) is 4.55. The number of carbonyl (C=O) groups excluding carboxylic acids is 1. The molecule has 0 fully saturated rings. The molecular formula is C21H18F3N5OS3. The summed E-state index contributed by atoms with van der Waals surface area (Å²) in [5, 5.41) is 11.3. The topological polar surface area (TPSA) is 72.7 Å². The molecule has 2 aromatic carbocycles. The van der Waals surface area contributed by atoms with Crippen LogP contribution in [-0.2, 0) is 23.3 Å². The first-order valence-electron chi connectivity index (χ1n) is 9.84. The number of halogens is 3. The summed E-state index contributed by atoms with van der Waals surface area (Å²) in [4.78, 5) is 16.9. The van der Waals surface area contributed by atoms with E-state index in [2.05, 4.69) is 20.5 Å². The van der Waals surface area contributed by atoms with E-state index >= 15 is 0 Å². The van der Waals surface area contributed by atoms with Gasteiger partial charge in [-0.05, 0) is 31.2 Å². The molecule has 6 nitrogen and oxygen atoms in total. The Hall–Kier alpha value is -2.57. The zero-order valence-electron chi connectivity index (χ0n) is 17.3. The van der Waals surface area contributed by atoms with Gasteiger partial charge in [-0.1, -0.05) is 47.8 Å². The number of anilines is 1. The van der Waals surface area contributed by atoms with Crippen LogP contribution in [0.15, 0.2) is 58.0 Å². The van der Waals surface area contributed by atoms with Gasteiger partial charge in [0.1, 0.15) is 5.82 Å². The number of benzene rings is 2. The second-order valence-corrected chi connectivity index (χ2v) is 9.96. The largest absolute Gasteiger partial charge is 0.418 e. The van der Waals surface area contributed by atoms with E-state index in [-0.39, 0.29) is 11.4 Å². The molecule has 1 amide bonds. The van der Waals surface area contributed by atoms with Crippen LogP contribution < -0.4 is 5.32 Å². The molecule has 0 aliphatic rings. The number of nitrogens with one attached hydrogen (secondary N) is 1. The minimum atomic E-state index is -4.55. The smallest absolute Gasteiger partial charge is 0.325 e. The molecule has 12 heteroatoms. The Morgan fingerprint density at radius 3 is 2.61 bits per heavy atom. The van der Waals surface area contributed by atoms with Gasteiger partial charge in [0.2, 0.25) is 5.91 Å². The fraction of sp³-hybridized carbons (Fsp3) is 0.238. The van der Waals surface area contributed by atoms with Gasteiger partial charge >= 0.3 is 6.18 Å². The summed E-state index contributed by atoms with van der Waals surface area (Å²) in [7, 11) is 0. The van der Waals surface area contributed by atoms with Crippen LogP contribution in [-0.4, -0.2) is 31.4 Å². The summed E-state index contributed by atoms with van der Waals surface area (Å²) < 4.78 is 43.3. The maximum Gasteiger partial charge on any atom is 0.418 e. The molecule has 0 saturated heterocycles. The number of carbonyl (C=O) groups is 1. The Morgan fingerprint density at radius 2 is 1.85 bits per heavy atom. The molecule has 0 spiro atoms. The van der Waals surface area contributed by atoms with Crippen molar-refractivity contribution in [1.82, 2.24) is 19.7 Å². The molecule has 0 radical (unpaired) electrons. The second-order valence-electron chi connectivity index (χ2n) is 6.76. The van der Waals surface area contributed by atoms with Crippen molar-refractivity contribution in [2.75, 3.05) is 11.1 Å². The van der Waals surface area contributed by atoms with E-state index in [9.17, 15) is 18.0 Å². The van der Waals surface area contributed by atoms with Gasteiger partial charge in [0, 0.05) is 6.54 Å². The SMILES string of the molecule is CCn1c(CSc2nc3ccccc3s2)nnc1SCC(=O)Nc1ccccc1C(F)(F)F. The van der Waals surface area contributed by atoms with Crippen molar-refractivity contribution in [1.29, 1.82) is 0 Å². The second kappa shape index (κ2) is 10.1. The maximum atomic E-state index is 13.1. The number of hydrogen-bond donors (Lipinski definition) is 1. The van der Waals surface area contributed by atoms with Gasteiger partial charge in [-0.2, -0.15) is 13.2 Å². The van der Waals surface area contributed by atoms with Crippen LogP contribution in [0.4, 0.5) is 18.9 Å². The molecule has 2 aromatic heterocycles. The minimum absolute atomic E-state index is 0.0880. The average molecular weight is 510 g/mol. The minimum Gasteiger partial charge on any atom is -0.325 e. The van der Waals surface area contributed by atoms with E-state index in [1.807, 2.05) is 35.8 Å². The number of aromatic nitrogens is 4. The van der Waals surface area contributed by atoms with Gasteiger partial charge in [0.05, 0.1) is 33.0 Å². The fourth-order valence-electron chi connectivity index (χ4n) is 3.04. The van der Waals surface area contributed by atoms with Gasteiger partial charge in [-0.25, -0.2) is 4.98 Å². The van der Waals surface area contributed by atoms with Crippen molar-refractivity contribution in [3.63, 3.8) is 0 Å². The lowest BCUT2D eigenvalue weighted by Crippen LogP contribution is -2.18. The number of hydrogen-bond acceptors (Lipinski definition) is 7. The molecule has 1 N–H and O–H groups in total. The van der Waals surface area contributed by atoms with Crippen molar-refractivity contribution in [2.24, 2.45) is 0 Å². The van der Waals surface area contributed by atoms with Crippen LogP contribution in [0.1, 0.15) is 18.3 Å². The van der Waals surface area contributed by atoms with E-state index in [0.717, 1.165) is 38.2 Å². The van der Waals surface area contributed by atoms with Gasteiger partial charge in [0.15, 0.2) is 9.50 Å². The van der Waals surface area contributed by atoms with E-state index in [1.54, 1.807) is 23.1 Å². The first-order chi connectivity index (χ1) is 15.8. The van der Waals surface area contributed by atoms with E-state index in [0.29, 0.717) is 17.5 Å². The van der Waals surface area contributed by atoms with E-state index in [1.165, 1.54) is 18.2 Å². The number of fused-ring (bicyclic) bond motifs is 1. The lowest BCUT2D eigenvalue weighted by Gasteiger charge is -2.13. The van der Waals surface area contributed by atoms with Crippen molar-refractivity contribution in [3.8, 4) is 0 Å². The van der Waals surface area contributed by atoms with Crippen molar-refractivity contribution in [2.45, 2.75) is 34.9 Å². The van der Waals surface area contributed by atoms with Crippen LogP contribution in [0.2, 0.25) is 0 Å². The number of thioether (sulfide) groups is 2. The molecule has 172 valence electrons. The van der Waals surface area contributed by atoms with Gasteiger partial charge in [-0.15, -0.1) is 21.5 Å². The van der Waals surface area contributed by atoms with Crippen molar-refractivity contribution in [3.05, 3.63) is 59.9 Å². The molecule has 0 aliphatic carbocycles. The monoisotopic (exact) mass is 509 g/mol. The Balaban J connectivity index is 1.38. The quantitative estimate of drug-likeness (QED) is 0.296. The number of alkyl halides is 3. The third kappa shape index (κ3) is 5.68. The summed E-state index contributed by atoms with van der Waals surface area (Å²) in [6, 6.07) is 12.8. The Kier molecular flexibility index (Phi) is 7.25. The van der Waals surface area contributed by atoms with Crippen LogP contribution >= 0.6 is 34.9 Å². The molecule has 2 heterocycles. The highest BCUT2D eigenvalue weighted by molar-refractivity contribution is 8.00. The number of amides is 1. The van der Waals surface area contributed by atoms with Crippen LogP contribution in [0.25, 0.3) is 10.2 Å². The molecule has 33 heavy (non-hydrogen) atoms. The lowest BCUT2D eigenvalue weighted by molar-refractivity contribution is -0.137. The third-order valence-corrected chi connectivity index (χ3v) is 7.69. The molecule has 0 aliphatic heterocycles. The van der Waals surface area contributed by atoms with Gasteiger partial charge in [-0.3, -0.25) is 4.79 Å². The Labute approximate surface area is 200 Å². The summed E-state index contributed by atoms with van der Waals surface area (Å²) in [6.07, 6.45) is -4.55. The van der Waals surface area contributed by atoms with Crippen LogP contribution in [0, 0.1) is 0 Å². The Morgan fingerprint density at radius 1 is 1.09 bits per heavy atom. The molecule has 0 atom stereocenters. The lowest BCUT2D eigenvalue weighted by atomic mass is 10.1. The molecule has 4 rings (SSSR count). The molecule has 4 aromatic rings.